The number of ketones is 1. The Kier molecular flexibility index (Phi) is 6.87. The predicted molar refractivity (Wildman–Crippen MR) is 54.6 cm³/mol. The van der Waals surface area contributed by atoms with Crippen molar-refractivity contribution in [1.82, 2.24) is 0 Å². The molecule has 13 heavy (non-hydrogen) atoms. The average Bonchev–Trinajstić information content (AvgIpc) is 1.98. The molecule has 2 heteroatoms. The summed E-state index contributed by atoms with van der Waals surface area (Å²) in [6.07, 6.45) is 3.28. The summed E-state index contributed by atoms with van der Waals surface area (Å²) in [5.41, 5.74) is 0. The van der Waals surface area contributed by atoms with Crippen molar-refractivity contribution < 1.29 is 9.90 Å². The molecule has 0 aliphatic carbocycles. The Morgan fingerprint density at radius 2 is 2.00 bits per heavy atom. The first-order valence-electron chi connectivity index (χ1n) is 5.26. The smallest absolute Gasteiger partial charge is 0.135 e. The Balaban J connectivity index is 3.53. The number of rotatable bonds is 7. The van der Waals surface area contributed by atoms with Gasteiger partial charge in [0.1, 0.15) is 5.78 Å². The molecule has 0 heterocycles. The number of hydrogen-bond donors (Lipinski definition) is 1. The van der Waals surface area contributed by atoms with Crippen molar-refractivity contribution in [1.29, 1.82) is 0 Å². The zero-order chi connectivity index (χ0) is 10.3. The van der Waals surface area contributed by atoms with E-state index in [0.717, 1.165) is 19.3 Å². The van der Waals surface area contributed by atoms with Crippen LogP contribution >= 0.6 is 0 Å². The van der Waals surface area contributed by atoms with Crippen molar-refractivity contribution in [2.24, 2.45) is 5.92 Å². The lowest BCUT2D eigenvalue weighted by Crippen LogP contribution is -2.15. The van der Waals surface area contributed by atoms with Crippen LogP contribution < -0.4 is 0 Å². The molecule has 0 bridgehead atoms. The molecular weight excluding hydrogens is 164 g/mol. The van der Waals surface area contributed by atoms with Gasteiger partial charge in [0.25, 0.3) is 0 Å². The van der Waals surface area contributed by atoms with Crippen LogP contribution in [0.3, 0.4) is 0 Å². The number of Topliss-reactive ketones (excluding diaryl/α,β-unsaturated/α-hetero) is 1. The van der Waals surface area contributed by atoms with Crippen molar-refractivity contribution in [2.75, 3.05) is 0 Å². The van der Waals surface area contributed by atoms with Crippen LogP contribution in [0.25, 0.3) is 0 Å². The van der Waals surface area contributed by atoms with Gasteiger partial charge < -0.3 is 5.11 Å². The summed E-state index contributed by atoms with van der Waals surface area (Å²) in [7, 11) is 0. The summed E-state index contributed by atoms with van der Waals surface area (Å²) in [5, 5.41) is 9.47. The lowest BCUT2D eigenvalue weighted by atomic mass is 10.00. The topological polar surface area (TPSA) is 37.3 Å². The Labute approximate surface area is 81.3 Å². The fourth-order valence-electron chi connectivity index (χ4n) is 1.37. The molecule has 0 saturated heterocycles. The molecule has 0 saturated carbocycles. The van der Waals surface area contributed by atoms with Crippen molar-refractivity contribution in [3.63, 3.8) is 0 Å². The minimum absolute atomic E-state index is 0.204. The third-order valence-corrected chi connectivity index (χ3v) is 2.02. The summed E-state index contributed by atoms with van der Waals surface area (Å²) in [4.78, 5) is 11.2. The second kappa shape index (κ2) is 7.07. The first-order chi connectivity index (χ1) is 6.06. The monoisotopic (exact) mass is 186 g/mol. The van der Waals surface area contributed by atoms with Gasteiger partial charge in [-0.05, 0) is 18.8 Å². The highest BCUT2D eigenvalue weighted by molar-refractivity contribution is 5.78. The maximum atomic E-state index is 11.2. The number of hydrogen-bond acceptors (Lipinski definition) is 2. The van der Waals surface area contributed by atoms with E-state index in [0.29, 0.717) is 18.8 Å². The van der Waals surface area contributed by atoms with Crippen LogP contribution in [0.15, 0.2) is 0 Å². The van der Waals surface area contributed by atoms with E-state index in [2.05, 4.69) is 20.8 Å². The molecule has 1 N–H and O–H groups in total. The maximum absolute atomic E-state index is 11.2. The molecule has 78 valence electrons. The molecule has 0 aromatic carbocycles. The maximum Gasteiger partial charge on any atom is 0.135 e. The lowest BCUT2D eigenvalue weighted by Gasteiger charge is -2.11. The van der Waals surface area contributed by atoms with Gasteiger partial charge in [0.15, 0.2) is 0 Å². The summed E-state index contributed by atoms with van der Waals surface area (Å²) in [5.74, 6) is 0.670. The summed E-state index contributed by atoms with van der Waals surface area (Å²) < 4.78 is 0. The molecule has 0 amide bonds. The van der Waals surface area contributed by atoms with Crippen LogP contribution in [-0.4, -0.2) is 17.0 Å². The van der Waals surface area contributed by atoms with E-state index < -0.39 is 6.10 Å². The van der Waals surface area contributed by atoms with E-state index in [9.17, 15) is 9.90 Å². The van der Waals surface area contributed by atoms with Crippen molar-refractivity contribution >= 4 is 5.78 Å². The fraction of sp³-hybridized carbons (Fsp3) is 0.909. The molecule has 1 unspecified atom stereocenters. The zero-order valence-electron chi connectivity index (χ0n) is 9.05. The van der Waals surface area contributed by atoms with Crippen LogP contribution in [0, 0.1) is 5.92 Å². The highest BCUT2D eigenvalue weighted by Gasteiger charge is 2.11. The largest absolute Gasteiger partial charge is 0.393 e. The second-order valence-corrected chi connectivity index (χ2v) is 4.13. The van der Waals surface area contributed by atoms with Crippen LogP contribution in [0.1, 0.15) is 52.9 Å². The highest BCUT2D eigenvalue weighted by atomic mass is 16.3. The number of aliphatic hydroxyl groups is 1. The fourth-order valence-corrected chi connectivity index (χ4v) is 1.37. The third-order valence-electron chi connectivity index (χ3n) is 2.02. The molecule has 0 aliphatic rings. The normalized spacial score (nSPS) is 13.3. The number of carbonyl (C=O) groups is 1. The van der Waals surface area contributed by atoms with E-state index in [1.165, 1.54) is 0 Å². The Hall–Kier alpha value is -0.370. The Morgan fingerprint density at radius 3 is 2.46 bits per heavy atom. The molecule has 1 atom stereocenters. The first-order valence-corrected chi connectivity index (χ1v) is 5.26. The van der Waals surface area contributed by atoms with Gasteiger partial charge in [-0.15, -0.1) is 0 Å². The third kappa shape index (κ3) is 7.97. The van der Waals surface area contributed by atoms with Crippen LogP contribution in [-0.2, 0) is 4.79 Å². The van der Waals surface area contributed by atoms with Crippen LogP contribution in [0.4, 0.5) is 0 Å². The molecule has 0 fully saturated rings. The lowest BCUT2D eigenvalue weighted by molar-refractivity contribution is -0.121. The number of carbonyl (C=O) groups excluding carboxylic acids is 1. The van der Waals surface area contributed by atoms with E-state index >= 15 is 0 Å². The van der Waals surface area contributed by atoms with Gasteiger partial charge in [0.05, 0.1) is 6.10 Å². The van der Waals surface area contributed by atoms with E-state index in [-0.39, 0.29) is 5.78 Å². The van der Waals surface area contributed by atoms with Crippen LogP contribution in [0.2, 0.25) is 0 Å². The van der Waals surface area contributed by atoms with Gasteiger partial charge in [-0.2, -0.15) is 0 Å². The van der Waals surface area contributed by atoms with E-state index in [1.54, 1.807) is 0 Å². The molecule has 0 aliphatic heterocycles. The highest BCUT2D eigenvalue weighted by Crippen LogP contribution is 2.09. The van der Waals surface area contributed by atoms with Crippen molar-refractivity contribution in [3.05, 3.63) is 0 Å². The van der Waals surface area contributed by atoms with E-state index in [1.807, 2.05) is 0 Å². The number of unbranched alkanes of at least 4 members (excludes halogenated alkanes) is 1. The second-order valence-electron chi connectivity index (χ2n) is 4.13. The van der Waals surface area contributed by atoms with Crippen molar-refractivity contribution in [2.45, 2.75) is 59.0 Å². The minimum Gasteiger partial charge on any atom is -0.393 e. The molecule has 0 radical (unpaired) electrons. The average molecular weight is 186 g/mol. The Bertz CT molecular complexity index is 141. The first kappa shape index (κ1) is 12.6. The molecule has 0 aromatic heterocycles. The molecule has 2 nitrogen and oxygen atoms in total. The van der Waals surface area contributed by atoms with Crippen molar-refractivity contribution in [3.8, 4) is 0 Å². The molecule has 0 rings (SSSR count). The number of aliphatic hydroxyl groups excluding tert-OH is 1. The van der Waals surface area contributed by atoms with Gasteiger partial charge >= 0.3 is 0 Å². The van der Waals surface area contributed by atoms with Gasteiger partial charge in [-0.1, -0.05) is 27.2 Å². The van der Waals surface area contributed by atoms with Gasteiger partial charge in [-0.3, -0.25) is 4.79 Å². The summed E-state index contributed by atoms with van der Waals surface area (Å²) in [6, 6.07) is 0. The standard InChI is InChI=1S/C11H22O2/c1-4-5-6-10(12)8-11(13)7-9(2)3/h9,11,13H,4-8H2,1-3H3. The SMILES string of the molecule is CCCCC(=O)CC(O)CC(C)C. The zero-order valence-corrected chi connectivity index (χ0v) is 9.05. The van der Waals surface area contributed by atoms with Gasteiger partial charge in [0.2, 0.25) is 0 Å². The predicted octanol–water partition coefficient (Wildman–Crippen LogP) is 2.54. The molecule has 0 aromatic rings. The Morgan fingerprint density at radius 1 is 1.38 bits per heavy atom. The quantitative estimate of drug-likeness (QED) is 0.663. The minimum atomic E-state index is -0.427. The summed E-state index contributed by atoms with van der Waals surface area (Å²) >= 11 is 0. The van der Waals surface area contributed by atoms with Crippen LogP contribution in [0.5, 0.6) is 0 Å². The summed E-state index contributed by atoms with van der Waals surface area (Å²) in [6.45, 7) is 6.18. The van der Waals surface area contributed by atoms with Gasteiger partial charge in [-0.25, -0.2) is 0 Å². The van der Waals surface area contributed by atoms with E-state index in [4.69, 9.17) is 0 Å². The molecule has 0 spiro atoms. The molecular formula is C11H22O2. The van der Waals surface area contributed by atoms with Gasteiger partial charge in [0, 0.05) is 12.8 Å².